The van der Waals surface area contributed by atoms with Gasteiger partial charge in [-0.15, -0.1) is 0 Å². The van der Waals surface area contributed by atoms with E-state index in [1.54, 1.807) is 26.3 Å². The summed E-state index contributed by atoms with van der Waals surface area (Å²) in [7, 11) is 1.55. The molecule has 0 saturated heterocycles. The zero-order valence-corrected chi connectivity index (χ0v) is 14.0. The van der Waals surface area contributed by atoms with Crippen molar-refractivity contribution in [2.75, 3.05) is 13.7 Å². The minimum Gasteiger partial charge on any atom is -0.490 e. The topological polar surface area (TPSA) is 51.6 Å². The Morgan fingerprint density at radius 3 is 2.77 bits per heavy atom. The largest absolute Gasteiger partial charge is 0.490 e. The summed E-state index contributed by atoms with van der Waals surface area (Å²) in [4.78, 5) is 4.12. The van der Waals surface area contributed by atoms with Crippen molar-refractivity contribution in [3.63, 3.8) is 0 Å². The fourth-order valence-corrected chi connectivity index (χ4v) is 2.60. The Morgan fingerprint density at radius 2 is 2.23 bits per heavy atom. The van der Waals surface area contributed by atoms with E-state index in [0.717, 1.165) is 24.0 Å². The van der Waals surface area contributed by atoms with Crippen molar-refractivity contribution >= 4 is 22.9 Å². The number of halogens is 1. The molecule has 4 nitrogen and oxygen atoms in total. The molecular weight excluding hydrogens is 302 g/mol. The van der Waals surface area contributed by atoms with E-state index in [2.05, 4.69) is 11.6 Å². The van der Waals surface area contributed by atoms with Crippen LogP contribution in [-0.2, 0) is 9.47 Å². The van der Waals surface area contributed by atoms with Gasteiger partial charge in [-0.1, -0.05) is 24.3 Å². The van der Waals surface area contributed by atoms with Crippen LogP contribution in [0.1, 0.15) is 37.8 Å². The van der Waals surface area contributed by atoms with Gasteiger partial charge in [-0.3, -0.25) is 0 Å². The van der Waals surface area contributed by atoms with Crippen LogP contribution in [-0.4, -0.2) is 35.5 Å². The highest BCUT2D eigenvalue weighted by atomic mass is 35.5. The number of methoxy groups -OCH3 is 1. The van der Waals surface area contributed by atoms with E-state index < -0.39 is 5.60 Å². The number of aromatic nitrogens is 1. The molecule has 1 heterocycles. The predicted octanol–water partition coefficient (Wildman–Crippen LogP) is 3.69. The molecule has 0 aromatic carbocycles. The van der Waals surface area contributed by atoms with Crippen molar-refractivity contribution in [2.45, 2.75) is 38.4 Å². The molecule has 1 aromatic rings. The molecule has 22 heavy (non-hydrogen) atoms. The Hall–Kier alpha value is -1.36. The molecule has 0 spiro atoms. The van der Waals surface area contributed by atoms with Crippen LogP contribution in [0.25, 0.3) is 11.3 Å². The molecule has 1 saturated carbocycles. The highest BCUT2D eigenvalue weighted by Crippen LogP contribution is 2.36. The molecule has 1 fully saturated rings. The molecule has 0 radical (unpaired) electrons. The maximum Gasteiger partial charge on any atom is 0.129 e. The highest BCUT2D eigenvalue weighted by molar-refractivity contribution is 6.29. The molecule has 1 aliphatic carbocycles. The number of allylic oxidation sites excluding steroid dienone is 1. The van der Waals surface area contributed by atoms with E-state index in [0.29, 0.717) is 16.5 Å². The summed E-state index contributed by atoms with van der Waals surface area (Å²) in [6.07, 6.45) is 5.82. The molecule has 0 aliphatic heterocycles. The molecule has 2 rings (SSSR count). The molecule has 120 valence electrons. The second-order valence-electron chi connectivity index (χ2n) is 5.70. The third-order valence-corrected chi connectivity index (χ3v) is 3.80. The quantitative estimate of drug-likeness (QED) is 0.614. The first-order chi connectivity index (χ1) is 10.4. The predicted molar refractivity (Wildman–Crippen MR) is 88.5 cm³/mol. The van der Waals surface area contributed by atoms with Gasteiger partial charge in [-0.2, -0.15) is 0 Å². The number of nitrogens with zero attached hydrogens (tertiary/aromatic N) is 1. The summed E-state index contributed by atoms with van der Waals surface area (Å²) in [5.41, 5.74) is 1.05. The van der Waals surface area contributed by atoms with E-state index in [1.807, 2.05) is 13.0 Å². The van der Waals surface area contributed by atoms with Crippen LogP contribution in [0.15, 0.2) is 24.9 Å². The second-order valence-corrected chi connectivity index (χ2v) is 6.09. The molecule has 1 aromatic heterocycles. The monoisotopic (exact) mass is 323 g/mol. The molecule has 1 atom stereocenters. The maximum absolute atomic E-state index is 10.7. The number of hydrogen-bond donors (Lipinski definition) is 1. The summed E-state index contributed by atoms with van der Waals surface area (Å²) in [6.45, 7) is 7.73. The van der Waals surface area contributed by atoms with Crippen molar-refractivity contribution in [3.05, 3.63) is 41.2 Å². The van der Waals surface area contributed by atoms with Crippen molar-refractivity contribution in [2.24, 2.45) is 0 Å². The lowest BCUT2D eigenvalue weighted by Crippen LogP contribution is -2.32. The van der Waals surface area contributed by atoms with Gasteiger partial charge in [0.15, 0.2) is 0 Å². The molecular formula is C17H22ClNO3. The average molecular weight is 324 g/mol. The van der Waals surface area contributed by atoms with Crippen molar-refractivity contribution < 1.29 is 14.6 Å². The Balaban J connectivity index is 2.42. The summed E-state index contributed by atoms with van der Waals surface area (Å²) < 4.78 is 10.9. The third kappa shape index (κ3) is 3.88. The number of ether oxygens (including phenoxy) is 2. The minimum absolute atomic E-state index is 0.169. The molecule has 0 bridgehead atoms. The molecule has 1 N–H and O–H groups in total. The number of aliphatic hydroxyl groups is 1. The van der Waals surface area contributed by atoms with Crippen LogP contribution in [0.3, 0.4) is 0 Å². The first-order valence-corrected chi connectivity index (χ1v) is 7.66. The van der Waals surface area contributed by atoms with Crippen LogP contribution in [0, 0.1) is 0 Å². The van der Waals surface area contributed by atoms with Gasteiger partial charge in [0.1, 0.15) is 16.5 Å². The lowest BCUT2D eigenvalue weighted by molar-refractivity contribution is 0.0277. The van der Waals surface area contributed by atoms with E-state index in [1.165, 1.54) is 0 Å². The Labute approximate surface area is 136 Å². The lowest BCUT2D eigenvalue weighted by Gasteiger charge is -2.28. The normalized spacial score (nSPS) is 18.0. The standard InChI is InChI=1S/C17H22ClNO3/c1-5-15(17(3,20)10-21-4)13-8-16(18)19-9-14(13)11(2)22-12-6-7-12/h5,8-9,12,20H,2,6-7,10H2,1,3-4H3/b15-5+. The second kappa shape index (κ2) is 6.82. The molecule has 1 aliphatic rings. The van der Waals surface area contributed by atoms with Crippen molar-refractivity contribution in [1.29, 1.82) is 0 Å². The average Bonchev–Trinajstić information content (AvgIpc) is 3.23. The zero-order valence-electron chi connectivity index (χ0n) is 13.2. The smallest absolute Gasteiger partial charge is 0.129 e. The van der Waals surface area contributed by atoms with E-state index >= 15 is 0 Å². The van der Waals surface area contributed by atoms with Gasteiger partial charge in [0, 0.05) is 18.9 Å². The van der Waals surface area contributed by atoms with Gasteiger partial charge in [-0.25, -0.2) is 4.98 Å². The van der Waals surface area contributed by atoms with Crippen LogP contribution in [0.5, 0.6) is 0 Å². The van der Waals surface area contributed by atoms with E-state index in [4.69, 9.17) is 21.1 Å². The number of pyridine rings is 1. The highest BCUT2D eigenvalue weighted by Gasteiger charge is 2.30. The van der Waals surface area contributed by atoms with Gasteiger partial charge in [0.05, 0.1) is 12.7 Å². The van der Waals surface area contributed by atoms with Gasteiger partial charge in [-0.05, 0) is 43.9 Å². The first-order valence-electron chi connectivity index (χ1n) is 7.29. The van der Waals surface area contributed by atoms with Crippen LogP contribution in [0.2, 0.25) is 5.15 Å². The van der Waals surface area contributed by atoms with Gasteiger partial charge in [0.25, 0.3) is 0 Å². The summed E-state index contributed by atoms with van der Waals surface area (Å²) in [5, 5.41) is 11.0. The van der Waals surface area contributed by atoms with Crippen molar-refractivity contribution in [3.8, 4) is 0 Å². The van der Waals surface area contributed by atoms with Crippen LogP contribution < -0.4 is 0 Å². The minimum atomic E-state index is -1.15. The van der Waals surface area contributed by atoms with Crippen LogP contribution >= 0.6 is 11.6 Å². The number of rotatable bonds is 7. The lowest BCUT2D eigenvalue weighted by atomic mass is 9.88. The van der Waals surface area contributed by atoms with Crippen molar-refractivity contribution in [1.82, 2.24) is 4.98 Å². The maximum atomic E-state index is 10.7. The Bertz CT molecular complexity index is 592. The first kappa shape index (κ1) is 17.0. The van der Waals surface area contributed by atoms with E-state index in [9.17, 15) is 5.11 Å². The van der Waals surface area contributed by atoms with Gasteiger partial charge < -0.3 is 14.6 Å². The molecule has 1 unspecified atom stereocenters. The Kier molecular flexibility index (Phi) is 5.27. The zero-order chi connectivity index (χ0) is 16.3. The number of hydrogen-bond acceptors (Lipinski definition) is 4. The third-order valence-electron chi connectivity index (χ3n) is 3.59. The summed E-state index contributed by atoms with van der Waals surface area (Å²) in [6, 6.07) is 1.72. The summed E-state index contributed by atoms with van der Waals surface area (Å²) >= 11 is 6.05. The van der Waals surface area contributed by atoms with Crippen LogP contribution in [0.4, 0.5) is 0 Å². The fraction of sp³-hybridized carbons (Fsp3) is 0.471. The fourth-order valence-electron chi connectivity index (χ4n) is 2.44. The van der Waals surface area contributed by atoms with E-state index in [-0.39, 0.29) is 12.7 Å². The van der Waals surface area contributed by atoms with Gasteiger partial charge in [0.2, 0.25) is 0 Å². The van der Waals surface area contributed by atoms with Gasteiger partial charge >= 0.3 is 0 Å². The summed E-state index contributed by atoms with van der Waals surface area (Å²) in [5.74, 6) is 0.550. The molecule has 0 amide bonds. The molecule has 5 heteroatoms. The Morgan fingerprint density at radius 1 is 1.55 bits per heavy atom. The SMILES string of the molecule is C=C(OC1CC1)c1cnc(Cl)cc1/C(=C\C)C(C)(O)COC.